The van der Waals surface area contributed by atoms with Crippen molar-refractivity contribution in [2.24, 2.45) is 13.0 Å². The lowest BCUT2D eigenvalue weighted by Gasteiger charge is -2.06. The molecule has 0 saturated carbocycles. The van der Waals surface area contributed by atoms with Crippen LogP contribution in [0.25, 0.3) is 0 Å². The van der Waals surface area contributed by atoms with Gasteiger partial charge in [-0.1, -0.05) is 13.3 Å². The molecule has 4 nitrogen and oxygen atoms in total. The molecule has 4 heteroatoms. The third-order valence-corrected chi connectivity index (χ3v) is 3.81. The van der Waals surface area contributed by atoms with Crippen LogP contribution >= 0.6 is 0 Å². The summed E-state index contributed by atoms with van der Waals surface area (Å²) >= 11 is 0. The van der Waals surface area contributed by atoms with E-state index in [0.717, 1.165) is 56.7 Å². The maximum atomic E-state index is 12.2. The van der Waals surface area contributed by atoms with Gasteiger partial charge in [-0.15, -0.1) is 0 Å². The highest BCUT2D eigenvalue weighted by atomic mass is 16.5. The van der Waals surface area contributed by atoms with Gasteiger partial charge in [0.15, 0.2) is 5.78 Å². The summed E-state index contributed by atoms with van der Waals surface area (Å²) in [6, 6.07) is 1.96. The lowest BCUT2D eigenvalue weighted by atomic mass is 10.00. The molecule has 0 N–H and O–H groups in total. The largest absolute Gasteiger partial charge is 0.381 e. The lowest BCUT2D eigenvalue weighted by molar-refractivity contribution is 0.0962. The summed E-state index contributed by atoms with van der Waals surface area (Å²) in [5, 5.41) is 4.42. The van der Waals surface area contributed by atoms with Crippen molar-refractivity contribution in [3.05, 3.63) is 17.5 Å². The van der Waals surface area contributed by atoms with Gasteiger partial charge >= 0.3 is 0 Å². The minimum atomic E-state index is 0.213. The van der Waals surface area contributed by atoms with Crippen LogP contribution in [0.5, 0.6) is 0 Å². The zero-order chi connectivity index (χ0) is 13.7. The number of carbonyl (C=O) groups is 1. The van der Waals surface area contributed by atoms with Gasteiger partial charge in [-0.2, -0.15) is 5.10 Å². The molecule has 0 radical (unpaired) electrons. The quantitative estimate of drug-likeness (QED) is 0.711. The fraction of sp³-hybridized carbons (Fsp3) is 0.733. The van der Waals surface area contributed by atoms with Gasteiger partial charge in [-0.05, 0) is 37.7 Å². The Bertz CT molecular complexity index is 420. The van der Waals surface area contributed by atoms with Crippen LogP contribution in [0.1, 0.15) is 55.2 Å². The second-order valence-electron chi connectivity index (χ2n) is 5.44. The van der Waals surface area contributed by atoms with Crippen LogP contribution in [0.15, 0.2) is 6.07 Å². The highest BCUT2D eigenvalue weighted by molar-refractivity contribution is 5.94. The Kier molecular flexibility index (Phi) is 5.14. The molecule has 1 fully saturated rings. The average molecular weight is 264 g/mol. The normalized spacial score (nSPS) is 18.9. The average Bonchev–Trinajstić information content (AvgIpc) is 3.03. The van der Waals surface area contributed by atoms with Crippen molar-refractivity contribution < 1.29 is 9.53 Å². The minimum absolute atomic E-state index is 0.213. The minimum Gasteiger partial charge on any atom is -0.381 e. The van der Waals surface area contributed by atoms with E-state index in [1.165, 1.54) is 0 Å². The number of aryl methyl sites for hydroxylation is 2. The molecular weight excluding hydrogens is 240 g/mol. The van der Waals surface area contributed by atoms with Crippen molar-refractivity contribution in [1.82, 2.24) is 9.78 Å². The SMILES string of the molecule is CCCCc1cc(C(=O)CCC2CCOC2)n(C)n1. The van der Waals surface area contributed by atoms with Crippen molar-refractivity contribution in [3.8, 4) is 0 Å². The first-order valence-corrected chi connectivity index (χ1v) is 7.34. The summed E-state index contributed by atoms with van der Waals surface area (Å²) in [6.45, 7) is 3.84. The van der Waals surface area contributed by atoms with E-state index < -0.39 is 0 Å². The number of ether oxygens (including phenoxy) is 1. The van der Waals surface area contributed by atoms with Crippen LogP contribution in [0.2, 0.25) is 0 Å². The third-order valence-electron chi connectivity index (χ3n) is 3.81. The number of aromatic nitrogens is 2. The van der Waals surface area contributed by atoms with Gasteiger partial charge in [0.1, 0.15) is 5.69 Å². The standard InChI is InChI=1S/C15H24N2O2/c1-3-4-5-13-10-14(17(2)16-13)15(18)7-6-12-8-9-19-11-12/h10,12H,3-9,11H2,1-2H3. The Morgan fingerprint density at radius 2 is 2.42 bits per heavy atom. The smallest absolute Gasteiger partial charge is 0.180 e. The summed E-state index contributed by atoms with van der Waals surface area (Å²) in [4.78, 5) is 12.2. The van der Waals surface area contributed by atoms with Crippen molar-refractivity contribution >= 4 is 5.78 Å². The maximum Gasteiger partial charge on any atom is 0.180 e. The fourth-order valence-corrected chi connectivity index (χ4v) is 2.54. The molecule has 1 aliphatic rings. The van der Waals surface area contributed by atoms with Gasteiger partial charge in [0.05, 0.1) is 5.69 Å². The van der Waals surface area contributed by atoms with Gasteiger partial charge in [0.2, 0.25) is 0 Å². The molecule has 0 bridgehead atoms. The summed E-state index contributed by atoms with van der Waals surface area (Å²) in [7, 11) is 1.86. The second kappa shape index (κ2) is 6.85. The molecule has 1 aliphatic heterocycles. The van der Waals surface area contributed by atoms with Crippen molar-refractivity contribution in [1.29, 1.82) is 0 Å². The van der Waals surface area contributed by atoms with Gasteiger partial charge in [-0.3, -0.25) is 9.48 Å². The lowest BCUT2D eigenvalue weighted by Crippen LogP contribution is -2.09. The number of hydrogen-bond donors (Lipinski definition) is 0. The molecule has 19 heavy (non-hydrogen) atoms. The molecule has 106 valence electrons. The third kappa shape index (κ3) is 3.90. The Hall–Kier alpha value is -1.16. The van der Waals surface area contributed by atoms with Crippen molar-refractivity contribution in [2.45, 2.75) is 45.4 Å². The van der Waals surface area contributed by atoms with Gasteiger partial charge < -0.3 is 4.74 Å². The molecule has 1 aromatic rings. The summed E-state index contributed by atoms with van der Waals surface area (Å²) < 4.78 is 7.07. The van der Waals surface area contributed by atoms with Crippen LogP contribution < -0.4 is 0 Å². The Morgan fingerprint density at radius 1 is 1.58 bits per heavy atom. The first-order chi connectivity index (χ1) is 9.20. The van der Waals surface area contributed by atoms with E-state index in [1.807, 2.05) is 13.1 Å². The van der Waals surface area contributed by atoms with Crippen LogP contribution in [0.3, 0.4) is 0 Å². The van der Waals surface area contributed by atoms with Crippen LogP contribution in [0.4, 0.5) is 0 Å². The number of carbonyl (C=O) groups excluding carboxylic acids is 1. The van der Waals surface area contributed by atoms with E-state index in [0.29, 0.717) is 12.3 Å². The summed E-state index contributed by atoms with van der Waals surface area (Å²) in [6.07, 6.45) is 5.90. The number of ketones is 1. The van der Waals surface area contributed by atoms with E-state index in [2.05, 4.69) is 12.0 Å². The number of Topliss-reactive ketones (excluding diaryl/α,β-unsaturated/α-hetero) is 1. The van der Waals surface area contributed by atoms with E-state index in [-0.39, 0.29) is 5.78 Å². The highest BCUT2D eigenvalue weighted by Gasteiger charge is 2.19. The second-order valence-corrected chi connectivity index (χ2v) is 5.44. The molecule has 0 amide bonds. The maximum absolute atomic E-state index is 12.2. The molecule has 1 atom stereocenters. The highest BCUT2D eigenvalue weighted by Crippen LogP contribution is 2.19. The fourth-order valence-electron chi connectivity index (χ4n) is 2.54. The topological polar surface area (TPSA) is 44.1 Å². The van der Waals surface area contributed by atoms with Crippen molar-refractivity contribution in [3.63, 3.8) is 0 Å². The first-order valence-electron chi connectivity index (χ1n) is 7.34. The van der Waals surface area contributed by atoms with Gasteiger partial charge in [-0.25, -0.2) is 0 Å². The molecule has 0 aromatic carbocycles. The van der Waals surface area contributed by atoms with Gasteiger partial charge in [0, 0.05) is 26.7 Å². The Morgan fingerprint density at radius 3 is 3.11 bits per heavy atom. The van der Waals surface area contributed by atoms with E-state index in [4.69, 9.17) is 4.74 Å². The monoisotopic (exact) mass is 264 g/mol. The zero-order valence-corrected chi connectivity index (χ0v) is 12.0. The summed E-state index contributed by atoms with van der Waals surface area (Å²) in [5.74, 6) is 0.779. The van der Waals surface area contributed by atoms with E-state index in [9.17, 15) is 4.79 Å². The molecule has 0 aliphatic carbocycles. The number of rotatable bonds is 7. The van der Waals surface area contributed by atoms with Gasteiger partial charge in [0.25, 0.3) is 0 Å². The first kappa shape index (κ1) is 14.3. The number of unbranched alkanes of at least 4 members (excludes halogenated alkanes) is 1. The molecule has 1 aromatic heterocycles. The van der Waals surface area contributed by atoms with Crippen LogP contribution in [0, 0.1) is 5.92 Å². The van der Waals surface area contributed by atoms with Crippen molar-refractivity contribution in [2.75, 3.05) is 13.2 Å². The Balaban J connectivity index is 1.88. The van der Waals surface area contributed by atoms with E-state index >= 15 is 0 Å². The van der Waals surface area contributed by atoms with E-state index in [1.54, 1.807) is 4.68 Å². The predicted octanol–water partition coefficient (Wildman–Crippen LogP) is 2.76. The molecular formula is C15H24N2O2. The molecule has 1 unspecified atom stereocenters. The molecule has 0 spiro atoms. The molecule has 2 heterocycles. The predicted molar refractivity (Wildman–Crippen MR) is 74.3 cm³/mol. The van der Waals surface area contributed by atoms with Crippen LogP contribution in [-0.4, -0.2) is 28.8 Å². The summed E-state index contributed by atoms with van der Waals surface area (Å²) in [5.41, 5.74) is 1.79. The molecule has 1 saturated heterocycles. The molecule has 2 rings (SSSR count). The number of nitrogens with zero attached hydrogens (tertiary/aromatic N) is 2. The zero-order valence-electron chi connectivity index (χ0n) is 12.0. The Labute approximate surface area is 115 Å². The number of hydrogen-bond acceptors (Lipinski definition) is 3. The van der Waals surface area contributed by atoms with Crippen LogP contribution in [-0.2, 0) is 18.2 Å².